The molecule has 7 heteroatoms. The number of imidazole rings is 1. The molecule has 2 aromatic heterocycles. The van der Waals surface area contributed by atoms with Crippen LogP contribution < -0.4 is 0 Å². The molecular weight excluding hydrogens is 316 g/mol. The van der Waals surface area contributed by atoms with Gasteiger partial charge in [0.15, 0.2) is 0 Å². The van der Waals surface area contributed by atoms with Gasteiger partial charge in [-0.2, -0.15) is 0 Å². The molecule has 106 valence electrons. The number of benzene rings is 1. The second-order valence-corrected chi connectivity index (χ2v) is 5.13. The lowest BCUT2D eigenvalue weighted by Crippen LogP contribution is -1.94. The molecule has 0 radical (unpaired) electrons. The number of fused-ring (bicyclic) bond motifs is 1. The third-order valence-electron chi connectivity index (χ3n) is 2.99. The summed E-state index contributed by atoms with van der Waals surface area (Å²) in [6.45, 7) is 0. The molecule has 4 nitrogen and oxygen atoms in total. The molecule has 3 rings (SSSR count). The molecule has 3 aromatic rings. The molecule has 1 aromatic carbocycles. The lowest BCUT2D eigenvalue weighted by molar-refractivity contribution is 0.321. The van der Waals surface area contributed by atoms with Crippen molar-refractivity contribution in [3.8, 4) is 11.3 Å². The molecule has 0 amide bonds. The number of nitrogens with zero attached hydrogens (tertiary/aromatic N) is 3. The van der Waals surface area contributed by atoms with Crippen LogP contribution in [-0.4, -0.2) is 20.8 Å². The predicted octanol–water partition coefficient (Wildman–Crippen LogP) is 4.26. The molecular formula is C14H8Cl2FN3O. The normalized spacial score (nSPS) is 11.6. The molecule has 2 heterocycles. The Balaban J connectivity index is 2.33. The Morgan fingerprint density at radius 2 is 2.05 bits per heavy atom. The number of aromatic nitrogens is 2. The van der Waals surface area contributed by atoms with Crippen molar-refractivity contribution in [2.24, 2.45) is 5.16 Å². The van der Waals surface area contributed by atoms with Gasteiger partial charge in [0.1, 0.15) is 11.5 Å². The van der Waals surface area contributed by atoms with Gasteiger partial charge in [0.05, 0.1) is 22.6 Å². The molecule has 0 fully saturated rings. The number of oxime groups is 1. The Morgan fingerprint density at radius 1 is 1.24 bits per heavy atom. The van der Waals surface area contributed by atoms with Crippen LogP contribution >= 0.6 is 23.2 Å². The van der Waals surface area contributed by atoms with E-state index in [0.29, 0.717) is 32.6 Å². The summed E-state index contributed by atoms with van der Waals surface area (Å²) >= 11 is 12.1. The maximum absolute atomic E-state index is 13.4. The minimum Gasteiger partial charge on any atom is -0.411 e. The van der Waals surface area contributed by atoms with Crippen LogP contribution in [0, 0.1) is 5.82 Å². The Labute approximate surface area is 129 Å². The fourth-order valence-electron chi connectivity index (χ4n) is 2.09. The first kappa shape index (κ1) is 13.9. The highest BCUT2D eigenvalue weighted by atomic mass is 35.5. The summed E-state index contributed by atoms with van der Waals surface area (Å²) in [4.78, 5) is 4.40. The maximum Gasteiger partial charge on any atom is 0.139 e. The van der Waals surface area contributed by atoms with E-state index in [1.165, 1.54) is 28.9 Å². The zero-order valence-electron chi connectivity index (χ0n) is 10.5. The van der Waals surface area contributed by atoms with E-state index >= 15 is 0 Å². The average Bonchev–Trinajstić information content (AvgIpc) is 2.78. The monoisotopic (exact) mass is 323 g/mol. The minimum absolute atomic E-state index is 0.402. The second kappa shape index (κ2) is 5.35. The molecule has 21 heavy (non-hydrogen) atoms. The molecule has 0 saturated carbocycles. The van der Waals surface area contributed by atoms with Crippen molar-refractivity contribution in [3.63, 3.8) is 0 Å². The molecule has 0 aliphatic carbocycles. The smallest absolute Gasteiger partial charge is 0.139 e. The summed E-state index contributed by atoms with van der Waals surface area (Å²) in [5, 5.41) is 12.7. The standard InChI is InChI=1S/C14H8Cl2FN3O/c15-8-1-3-10(11(16)5-8)14-12(6-18-21)20-7-9(17)2-4-13(20)19-14/h1-7,21H/b18-6+. The molecule has 0 bridgehead atoms. The molecule has 0 atom stereocenters. The van der Waals surface area contributed by atoms with Gasteiger partial charge in [0.2, 0.25) is 0 Å². The number of pyridine rings is 1. The first-order chi connectivity index (χ1) is 10.1. The van der Waals surface area contributed by atoms with E-state index in [4.69, 9.17) is 28.4 Å². The van der Waals surface area contributed by atoms with Crippen LogP contribution in [-0.2, 0) is 0 Å². The maximum atomic E-state index is 13.4. The molecule has 0 aliphatic heterocycles. The lowest BCUT2D eigenvalue weighted by Gasteiger charge is -2.03. The minimum atomic E-state index is -0.429. The highest BCUT2D eigenvalue weighted by Gasteiger charge is 2.16. The molecule has 0 aliphatic rings. The molecule has 1 N–H and O–H groups in total. The average molecular weight is 324 g/mol. The molecule has 0 unspecified atom stereocenters. The first-order valence-electron chi connectivity index (χ1n) is 5.90. The summed E-state index contributed by atoms with van der Waals surface area (Å²) < 4.78 is 14.9. The first-order valence-corrected chi connectivity index (χ1v) is 6.66. The Morgan fingerprint density at radius 3 is 2.76 bits per heavy atom. The molecule has 0 spiro atoms. The fourth-order valence-corrected chi connectivity index (χ4v) is 2.59. The van der Waals surface area contributed by atoms with Crippen LogP contribution in [0.4, 0.5) is 4.39 Å². The summed E-state index contributed by atoms with van der Waals surface area (Å²) in [6, 6.07) is 7.79. The number of hydrogen-bond donors (Lipinski definition) is 1. The number of hydrogen-bond acceptors (Lipinski definition) is 3. The van der Waals surface area contributed by atoms with E-state index in [1.807, 2.05) is 0 Å². The van der Waals surface area contributed by atoms with Crippen molar-refractivity contribution in [1.29, 1.82) is 0 Å². The van der Waals surface area contributed by atoms with Crippen molar-refractivity contribution in [2.45, 2.75) is 0 Å². The van der Waals surface area contributed by atoms with E-state index in [2.05, 4.69) is 10.1 Å². The van der Waals surface area contributed by atoms with Gasteiger partial charge >= 0.3 is 0 Å². The van der Waals surface area contributed by atoms with Gasteiger partial charge in [-0.1, -0.05) is 28.4 Å². The van der Waals surface area contributed by atoms with Crippen LogP contribution in [0.15, 0.2) is 41.7 Å². The van der Waals surface area contributed by atoms with Crippen molar-refractivity contribution < 1.29 is 9.60 Å². The van der Waals surface area contributed by atoms with Crippen LogP contribution in [0.25, 0.3) is 16.9 Å². The lowest BCUT2D eigenvalue weighted by atomic mass is 10.1. The van der Waals surface area contributed by atoms with Gasteiger partial charge in [-0.15, -0.1) is 0 Å². The van der Waals surface area contributed by atoms with Crippen molar-refractivity contribution in [3.05, 3.63) is 58.1 Å². The summed E-state index contributed by atoms with van der Waals surface area (Å²) in [5.74, 6) is -0.429. The van der Waals surface area contributed by atoms with E-state index in [0.717, 1.165) is 0 Å². The summed E-state index contributed by atoms with van der Waals surface area (Å²) in [6.07, 6.45) is 2.44. The third kappa shape index (κ3) is 2.46. The highest BCUT2D eigenvalue weighted by molar-refractivity contribution is 6.36. The largest absolute Gasteiger partial charge is 0.411 e. The van der Waals surface area contributed by atoms with Crippen molar-refractivity contribution >= 4 is 35.1 Å². The third-order valence-corrected chi connectivity index (χ3v) is 3.53. The Bertz CT molecular complexity index is 861. The fraction of sp³-hybridized carbons (Fsp3) is 0. The second-order valence-electron chi connectivity index (χ2n) is 4.29. The van der Waals surface area contributed by atoms with Crippen molar-refractivity contribution in [1.82, 2.24) is 9.38 Å². The SMILES string of the molecule is O/N=C/c1c(-c2ccc(Cl)cc2Cl)nc2ccc(F)cn12. The Hall–Kier alpha value is -2.11. The van der Waals surface area contributed by atoms with Crippen LogP contribution in [0.5, 0.6) is 0 Å². The van der Waals surface area contributed by atoms with E-state index in [1.54, 1.807) is 18.2 Å². The highest BCUT2D eigenvalue weighted by Crippen LogP contribution is 2.32. The topological polar surface area (TPSA) is 49.9 Å². The summed E-state index contributed by atoms with van der Waals surface area (Å²) in [7, 11) is 0. The van der Waals surface area contributed by atoms with Gasteiger partial charge in [-0.25, -0.2) is 9.37 Å². The van der Waals surface area contributed by atoms with E-state index in [-0.39, 0.29) is 0 Å². The van der Waals surface area contributed by atoms with Gasteiger partial charge in [-0.3, -0.25) is 4.40 Å². The van der Waals surface area contributed by atoms with Crippen LogP contribution in [0.3, 0.4) is 0 Å². The van der Waals surface area contributed by atoms with Crippen LogP contribution in [0.1, 0.15) is 5.69 Å². The molecule has 0 saturated heterocycles. The zero-order chi connectivity index (χ0) is 15.0. The summed E-state index contributed by atoms with van der Waals surface area (Å²) in [5.41, 5.74) is 2.00. The number of halogens is 3. The predicted molar refractivity (Wildman–Crippen MR) is 80.0 cm³/mol. The van der Waals surface area contributed by atoms with E-state index in [9.17, 15) is 4.39 Å². The van der Waals surface area contributed by atoms with Gasteiger partial charge in [-0.05, 0) is 30.3 Å². The van der Waals surface area contributed by atoms with Crippen LogP contribution in [0.2, 0.25) is 10.0 Å². The quantitative estimate of drug-likeness (QED) is 0.435. The van der Waals surface area contributed by atoms with Gasteiger partial charge < -0.3 is 5.21 Å². The van der Waals surface area contributed by atoms with Gasteiger partial charge in [0.25, 0.3) is 0 Å². The van der Waals surface area contributed by atoms with Crippen molar-refractivity contribution in [2.75, 3.05) is 0 Å². The van der Waals surface area contributed by atoms with Gasteiger partial charge in [0, 0.05) is 16.8 Å². The Kier molecular flexibility index (Phi) is 3.53. The van der Waals surface area contributed by atoms with E-state index < -0.39 is 5.82 Å². The zero-order valence-corrected chi connectivity index (χ0v) is 12.0. The number of rotatable bonds is 2.